The maximum atomic E-state index is 13.3. The molecule has 0 saturated heterocycles. The first-order chi connectivity index (χ1) is 9.70. The monoisotopic (exact) mass is 376 g/mol. The maximum absolute atomic E-state index is 13.3. The summed E-state index contributed by atoms with van der Waals surface area (Å²) in [5.41, 5.74) is 5.94. The molecule has 0 spiro atoms. The van der Waals surface area contributed by atoms with Gasteiger partial charge in [-0.05, 0) is 52.7 Å². The van der Waals surface area contributed by atoms with Crippen LogP contribution < -0.4 is 10.5 Å². The smallest absolute Gasteiger partial charge is 0.263 e. The Labute approximate surface area is 129 Å². The highest BCUT2D eigenvalue weighted by molar-refractivity contribution is 9.10. The third-order valence-corrected chi connectivity index (χ3v) is 4.82. The molecule has 4 nitrogen and oxygen atoms in total. The third kappa shape index (κ3) is 3.33. The van der Waals surface area contributed by atoms with Crippen LogP contribution in [0.25, 0.3) is 0 Å². The van der Waals surface area contributed by atoms with Gasteiger partial charge >= 0.3 is 0 Å². The average Bonchev–Trinajstić information content (AvgIpc) is 2.37. The summed E-state index contributed by atoms with van der Waals surface area (Å²) in [5.74, 6) is -1.25. The zero-order valence-corrected chi connectivity index (χ0v) is 13.2. The molecule has 0 aliphatic rings. The second-order valence-electron chi connectivity index (χ2n) is 4.37. The zero-order valence-electron chi connectivity index (χ0n) is 10.8. The van der Waals surface area contributed by atoms with Gasteiger partial charge < -0.3 is 5.73 Å². The number of nitrogen functional groups attached to an aromatic ring is 1. The van der Waals surface area contributed by atoms with E-state index in [9.17, 15) is 17.2 Å². The summed E-state index contributed by atoms with van der Waals surface area (Å²) in [6.45, 7) is 1.63. The number of nitrogens with two attached hydrogens (primary N) is 1. The Kier molecular flexibility index (Phi) is 4.20. The van der Waals surface area contributed by atoms with Crippen LogP contribution in [0, 0.1) is 18.6 Å². The summed E-state index contributed by atoms with van der Waals surface area (Å²) in [5, 5.41) is 0. The summed E-state index contributed by atoms with van der Waals surface area (Å²) in [6, 6.07) is 5.67. The molecule has 2 aromatic carbocycles. The molecule has 8 heteroatoms. The zero-order chi connectivity index (χ0) is 15.8. The lowest BCUT2D eigenvalue weighted by Gasteiger charge is -2.13. The minimum atomic E-state index is -4.06. The number of anilines is 2. The van der Waals surface area contributed by atoms with Crippen LogP contribution in [0.4, 0.5) is 20.2 Å². The van der Waals surface area contributed by atoms with Gasteiger partial charge in [0.25, 0.3) is 10.0 Å². The van der Waals surface area contributed by atoms with Crippen molar-refractivity contribution in [1.82, 2.24) is 0 Å². The number of hydrogen-bond donors (Lipinski definition) is 2. The van der Waals surface area contributed by atoms with E-state index in [0.717, 1.165) is 18.2 Å². The van der Waals surface area contributed by atoms with E-state index in [0.29, 0.717) is 5.56 Å². The molecule has 0 aliphatic heterocycles. The van der Waals surface area contributed by atoms with E-state index >= 15 is 0 Å². The van der Waals surface area contributed by atoms with Crippen LogP contribution in [0.3, 0.4) is 0 Å². The molecule has 21 heavy (non-hydrogen) atoms. The van der Waals surface area contributed by atoms with Gasteiger partial charge in [0.2, 0.25) is 0 Å². The van der Waals surface area contributed by atoms with Gasteiger partial charge in [-0.3, -0.25) is 4.72 Å². The van der Waals surface area contributed by atoms with Gasteiger partial charge in [0.05, 0.1) is 15.8 Å². The fraction of sp³-hybridized carbons (Fsp3) is 0.0769. The molecule has 0 radical (unpaired) electrons. The topological polar surface area (TPSA) is 72.2 Å². The van der Waals surface area contributed by atoms with Crippen molar-refractivity contribution in [3.05, 3.63) is 52.0 Å². The van der Waals surface area contributed by atoms with Crippen molar-refractivity contribution in [2.75, 3.05) is 10.5 Å². The Bertz CT molecular complexity index is 810. The number of sulfonamides is 1. The molecular formula is C13H11BrF2N2O2S. The van der Waals surface area contributed by atoms with Gasteiger partial charge in [0, 0.05) is 0 Å². The molecule has 0 unspecified atom stereocenters. The molecule has 2 aromatic rings. The number of aryl methyl sites for hydroxylation is 1. The highest BCUT2D eigenvalue weighted by Crippen LogP contribution is 2.28. The van der Waals surface area contributed by atoms with E-state index in [1.807, 2.05) is 0 Å². The van der Waals surface area contributed by atoms with Crippen molar-refractivity contribution in [2.45, 2.75) is 11.8 Å². The Morgan fingerprint density at radius 2 is 1.86 bits per heavy atom. The molecule has 3 N–H and O–H groups in total. The lowest BCUT2D eigenvalue weighted by atomic mass is 10.2. The maximum Gasteiger partial charge on any atom is 0.263 e. The van der Waals surface area contributed by atoms with E-state index in [4.69, 9.17) is 5.73 Å². The molecule has 0 saturated carbocycles. The number of hydrogen-bond acceptors (Lipinski definition) is 3. The van der Waals surface area contributed by atoms with Crippen LogP contribution in [-0.4, -0.2) is 8.42 Å². The molecule has 0 amide bonds. The highest BCUT2D eigenvalue weighted by Gasteiger charge is 2.20. The van der Waals surface area contributed by atoms with Crippen LogP contribution in [0.15, 0.2) is 39.7 Å². The Balaban J connectivity index is 2.48. The summed E-state index contributed by atoms with van der Waals surface area (Å²) in [4.78, 5) is -0.292. The first-order valence-corrected chi connectivity index (χ1v) is 8.02. The van der Waals surface area contributed by atoms with E-state index in [2.05, 4.69) is 20.7 Å². The Morgan fingerprint density at radius 1 is 1.19 bits per heavy atom. The molecule has 0 aliphatic carbocycles. The van der Waals surface area contributed by atoms with Crippen LogP contribution in [-0.2, 0) is 10.0 Å². The quantitative estimate of drug-likeness (QED) is 0.806. The van der Waals surface area contributed by atoms with Crippen molar-refractivity contribution in [1.29, 1.82) is 0 Å². The third-order valence-electron chi connectivity index (χ3n) is 2.79. The van der Waals surface area contributed by atoms with Gasteiger partial charge in [-0.2, -0.15) is 0 Å². The van der Waals surface area contributed by atoms with E-state index in [1.54, 1.807) is 6.92 Å². The SMILES string of the molecule is Cc1ccc(F)cc1NS(=O)(=O)c1cc(Br)c(F)cc1N. The summed E-state index contributed by atoms with van der Waals surface area (Å²) >= 11 is 2.90. The molecule has 0 atom stereocenters. The first-order valence-electron chi connectivity index (χ1n) is 5.74. The fourth-order valence-electron chi connectivity index (χ4n) is 1.68. The fourth-order valence-corrected chi connectivity index (χ4v) is 3.44. The molecule has 0 aromatic heterocycles. The van der Waals surface area contributed by atoms with Crippen LogP contribution in [0.2, 0.25) is 0 Å². The van der Waals surface area contributed by atoms with Gasteiger partial charge in [0.15, 0.2) is 0 Å². The Hall–Kier alpha value is -1.67. The summed E-state index contributed by atoms with van der Waals surface area (Å²) < 4.78 is 53.3. The number of halogens is 3. The van der Waals surface area contributed by atoms with Crippen molar-refractivity contribution >= 4 is 37.3 Å². The predicted molar refractivity (Wildman–Crippen MR) is 80.5 cm³/mol. The van der Waals surface area contributed by atoms with Gasteiger partial charge in [0.1, 0.15) is 16.5 Å². The van der Waals surface area contributed by atoms with Crippen LogP contribution in [0.5, 0.6) is 0 Å². The van der Waals surface area contributed by atoms with Gasteiger partial charge in [-0.15, -0.1) is 0 Å². The molecular weight excluding hydrogens is 366 g/mol. The standard InChI is InChI=1S/C13H11BrF2N2O2S/c1-7-2-3-8(15)4-12(7)18-21(19,20)13-5-9(14)10(16)6-11(13)17/h2-6,18H,17H2,1H3. The first kappa shape index (κ1) is 15.7. The van der Waals surface area contributed by atoms with E-state index in [-0.39, 0.29) is 20.7 Å². The largest absolute Gasteiger partial charge is 0.398 e. The minimum absolute atomic E-state index is 0.0342. The van der Waals surface area contributed by atoms with Crippen molar-refractivity contribution in [3.63, 3.8) is 0 Å². The Morgan fingerprint density at radius 3 is 2.52 bits per heavy atom. The van der Waals surface area contributed by atoms with E-state index < -0.39 is 21.7 Å². The average molecular weight is 377 g/mol. The van der Waals surface area contributed by atoms with Crippen molar-refractivity contribution in [3.8, 4) is 0 Å². The minimum Gasteiger partial charge on any atom is -0.398 e. The number of nitrogens with one attached hydrogen (secondary N) is 1. The summed E-state index contributed by atoms with van der Waals surface area (Å²) in [7, 11) is -4.06. The second kappa shape index (κ2) is 5.61. The summed E-state index contributed by atoms with van der Waals surface area (Å²) in [6.07, 6.45) is 0. The molecule has 2 rings (SSSR count). The molecule has 0 bridgehead atoms. The molecule has 0 fully saturated rings. The normalized spacial score (nSPS) is 11.4. The molecule has 0 heterocycles. The van der Waals surface area contributed by atoms with Crippen molar-refractivity contribution < 1.29 is 17.2 Å². The van der Waals surface area contributed by atoms with Crippen LogP contribution in [0.1, 0.15) is 5.56 Å². The predicted octanol–water partition coefficient (Wildman–Crippen LogP) is 3.42. The highest BCUT2D eigenvalue weighted by atomic mass is 79.9. The van der Waals surface area contributed by atoms with Gasteiger partial charge in [-0.1, -0.05) is 6.07 Å². The van der Waals surface area contributed by atoms with E-state index in [1.165, 1.54) is 12.1 Å². The van der Waals surface area contributed by atoms with Gasteiger partial charge in [-0.25, -0.2) is 17.2 Å². The molecule has 112 valence electrons. The second-order valence-corrected chi connectivity index (χ2v) is 6.87. The lowest BCUT2D eigenvalue weighted by molar-refractivity contribution is 0.599. The van der Waals surface area contributed by atoms with Crippen molar-refractivity contribution in [2.24, 2.45) is 0 Å². The number of benzene rings is 2. The van der Waals surface area contributed by atoms with Crippen LogP contribution >= 0.6 is 15.9 Å². The number of rotatable bonds is 3. The lowest BCUT2D eigenvalue weighted by Crippen LogP contribution is -2.16.